The van der Waals surface area contributed by atoms with Gasteiger partial charge in [-0.3, -0.25) is 0 Å². The van der Waals surface area contributed by atoms with E-state index in [-0.39, 0.29) is 14.9 Å². The number of likely N-dealkylation sites (N-methyl/N-ethyl adjacent to an activating group) is 1. The van der Waals surface area contributed by atoms with E-state index in [0.717, 1.165) is 12.8 Å². The van der Waals surface area contributed by atoms with Gasteiger partial charge in [-0.2, -0.15) is 4.58 Å². The fraction of sp³-hybridized carbons (Fsp3) is 0.250. The molecular weight excluding hydrogens is 364 g/mol. The number of allylic oxidation sites excluding steroid dienone is 4. The number of nitrogens with zero attached hydrogens (tertiary/aromatic N) is 2. The van der Waals surface area contributed by atoms with E-state index in [0.29, 0.717) is 0 Å². The van der Waals surface area contributed by atoms with Gasteiger partial charge < -0.3 is 4.90 Å². The Morgan fingerprint density at radius 3 is 2.57 bits per heavy atom. The number of anilines is 1. The summed E-state index contributed by atoms with van der Waals surface area (Å²) in [5.41, 5.74) is 9.54. The van der Waals surface area contributed by atoms with Gasteiger partial charge in [0.1, 0.15) is 7.05 Å². The second kappa shape index (κ2) is 8.31. The molecule has 0 fully saturated rings. The van der Waals surface area contributed by atoms with Gasteiger partial charge in [0.05, 0.1) is 11.8 Å². The second-order valence-electron chi connectivity index (χ2n) is 7.91. The van der Waals surface area contributed by atoms with Crippen molar-refractivity contribution in [2.45, 2.75) is 34.6 Å². The van der Waals surface area contributed by atoms with Crippen LogP contribution < -0.4 is 4.90 Å². The highest BCUT2D eigenvalue weighted by molar-refractivity contribution is 6.02. The zero-order valence-electron chi connectivity index (χ0n) is 16.7. The van der Waals surface area contributed by atoms with E-state index >= 15 is 0 Å². The van der Waals surface area contributed by atoms with E-state index in [1.165, 1.54) is 50.2 Å². The first-order chi connectivity index (χ1) is 13.6. The Kier molecular flexibility index (Phi) is 5.98. The summed E-state index contributed by atoms with van der Waals surface area (Å²) in [6, 6.07) is 19.9. The predicted octanol–water partition coefficient (Wildman–Crippen LogP) is 6.82. The minimum atomic E-state index is 0. The van der Waals surface area contributed by atoms with E-state index in [4.69, 9.17) is 0 Å². The number of hydrogen-bond acceptors (Lipinski definition) is 1. The van der Waals surface area contributed by atoms with E-state index in [2.05, 4.69) is 103 Å². The Labute approximate surface area is 181 Å². The molecule has 2 nitrogen and oxygen atoms in total. The number of aryl methyl sites for hydroxylation is 1. The van der Waals surface area contributed by atoms with Crippen LogP contribution in [0.15, 0.2) is 78.5 Å². The van der Waals surface area contributed by atoms with Crippen LogP contribution in [0, 0.1) is 6.92 Å². The molecule has 0 unspecified atom stereocenters. The molecule has 2 aliphatic rings. The summed E-state index contributed by atoms with van der Waals surface area (Å²) in [6.07, 6.45) is 8.74. The van der Waals surface area contributed by atoms with Gasteiger partial charge in [-0.1, -0.05) is 69.0 Å². The van der Waals surface area contributed by atoms with Gasteiger partial charge in [-0.05, 0) is 36.1 Å². The molecule has 30 heavy (non-hydrogen) atoms. The molecule has 2 aliphatic heterocycles. The van der Waals surface area contributed by atoms with Crippen LogP contribution in [0.1, 0.15) is 31.5 Å². The maximum atomic E-state index is 2.35. The summed E-state index contributed by atoms with van der Waals surface area (Å²) in [4.78, 5) is 2.31. The molecule has 0 bridgehead atoms. The first-order valence-corrected chi connectivity index (χ1v) is 9.92. The molecule has 0 saturated heterocycles. The lowest BCUT2D eigenvalue weighted by Crippen LogP contribution is -2.10. The normalized spacial score (nSPS) is 16.1. The van der Waals surface area contributed by atoms with Gasteiger partial charge >= 0.3 is 0 Å². The summed E-state index contributed by atoms with van der Waals surface area (Å²) in [5, 5.41) is 2.65. The van der Waals surface area contributed by atoms with Gasteiger partial charge in [0.15, 0.2) is 5.71 Å². The minimum absolute atomic E-state index is 0. The van der Waals surface area contributed by atoms with E-state index in [1.807, 2.05) is 0 Å². The van der Waals surface area contributed by atoms with Crippen LogP contribution in [-0.2, 0) is 12.8 Å². The minimum Gasteiger partial charge on any atom is -0.348 e. The zero-order valence-corrected chi connectivity index (χ0v) is 16.7. The van der Waals surface area contributed by atoms with Crippen LogP contribution in [0.5, 0.6) is 0 Å². The van der Waals surface area contributed by atoms with Crippen LogP contribution in [0.2, 0.25) is 0 Å². The largest absolute Gasteiger partial charge is 0.348 e. The molecular formula is C28H33N2+. The van der Waals surface area contributed by atoms with Crippen LogP contribution in [0.4, 0.5) is 11.4 Å². The number of fused-ring (bicyclic) bond motifs is 4. The quantitative estimate of drug-likeness (QED) is 0.430. The van der Waals surface area contributed by atoms with Gasteiger partial charge in [0.25, 0.3) is 0 Å². The third kappa shape index (κ3) is 3.47. The molecule has 3 aromatic carbocycles. The van der Waals surface area contributed by atoms with Gasteiger partial charge in [0, 0.05) is 36.5 Å². The van der Waals surface area contributed by atoms with Crippen LogP contribution in [-0.4, -0.2) is 24.4 Å². The third-order valence-corrected chi connectivity index (χ3v) is 6.10. The van der Waals surface area contributed by atoms with Gasteiger partial charge in [-0.25, -0.2) is 0 Å². The number of benzene rings is 3. The molecule has 0 radical (unpaired) electrons. The Morgan fingerprint density at radius 1 is 0.933 bits per heavy atom. The molecule has 0 aromatic heterocycles. The third-order valence-electron chi connectivity index (χ3n) is 6.10. The van der Waals surface area contributed by atoms with Crippen molar-refractivity contribution in [2.75, 3.05) is 19.0 Å². The van der Waals surface area contributed by atoms with Crippen LogP contribution in [0.3, 0.4) is 0 Å². The maximum Gasteiger partial charge on any atom is 0.216 e. The molecule has 0 N–H and O–H groups in total. The van der Waals surface area contributed by atoms with Crippen LogP contribution >= 0.6 is 0 Å². The van der Waals surface area contributed by atoms with Crippen molar-refractivity contribution < 1.29 is 4.58 Å². The molecule has 0 aliphatic carbocycles. The molecule has 0 atom stereocenters. The van der Waals surface area contributed by atoms with Crippen molar-refractivity contribution in [1.29, 1.82) is 0 Å². The molecule has 0 spiro atoms. The molecule has 2 heterocycles. The van der Waals surface area contributed by atoms with E-state index in [9.17, 15) is 0 Å². The summed E-state index contributed by atoms with van der Waals surface area (Å²) in [6.45, 7) is 2.16. The van der Waals surface area contributed by atoms with Crippen molar-refractivity contribution in [2.24, 2.45) is 0 Å². The average Bonchev–Trinajstić information content (AvgIpc) is 3.19. The SMILES string of the molecule is C.C.Cc1ccc2c(c1)CC(=CC=CC1=[N+](C)c3c(ccc4ccccc34)C1)N2C. The standard InChI is InChI=1S/C26H25N2.2CH4/c1-18-11-14-25-21(15-18)17-22(27(25)2)8-6-9-23-16-20-13-12-19-7-4-5-10-24(19)26(20)28(23)3;;/h4-15H,16-17H2,1-3H3;2*1H4/q+1;;. The smallest absolute Gasteiger partial charge is 0.216 e. The zero-order chi connectivity index (χ0) is 19.3. The fourth-order valence-corrected chi connectivity index (χ4v) is 4.56. The Hall–Kier alpha value is -3.13. The molecule has 154 valence electrons. The van der Waals surface area contributed by atoms with Gasteiger partial charge in [-0.15, -0.1) is 0 Å². The maximum absolute atomic E-state index is 2.35. The van der Waals surface area contributed by atoms with Crippen molar-refractivity contribution >= 4 is 27.9 Å². The predicted molar refractivity (Wildman–Crippen MR) is 132 cm³/mol. The highest BCUT2D eigenvalue weighted by atomic mass is 15.1. The summed E-state index contributed by atoms with van der Waals surface area (Å²) >= 11 is 0. The lowest BCUT2D eigenvalue weighted by atomic mass is 10.0. The van der Waals surface area contributed by atoms with E-state index in [1.54, 1.807) is 0 Å². The topological polar surface area (TPSA) is 6.25 Å². The highest BCUT2D eigenvalue weighted by Crippen LogP contribution is 2.35. The van der Waals surface area contributed by atoms with Crippen molar-refractivity contribution in [3.8, 4) is 0 Å². The van der Waals surface area contributed by atoms with E-state index < -0.39 is 0 Å². The number of rotatable bonds is 2. The summed E-state index contributed by atoms with van der Waals surface area (Å²) in [5.74, 6) is 0. The molecule has 2 heteroatoms. The number of hydrogen-bond donors (Lipinski definition) is 0. The summed E-state index contributed by atoms with van der Waals surface area (Å²) in [7, 11) is 4.35. The molecule has 0 amide bonds. The fourth-order valence-electron chi connectivity index (χ4n) is 4.56. The molecule has 0 saturated carbocycles. The Bertz CT molecular complexity index is 1190. The Morgan fingerprint density at radius 2 is 1.73 bits per heavy atom. The van der Waals surface area contributed by atoms with Crippen LogP contribution in [0.25, 0.3) is 10.8 Å². The van der Waals surface area contributed by atoms with Crippen molar-refractivity contribution in [1.82, 2.24) is 0 Å². The monoisotopic (exact) mass is 397 g/mol. The lowest BCUT2D eigenvalue weighted by Gasteiger charge is -2.14. The van der Waals surface area contributed by atoms with Crippen molar-refractivity contribution in [3.05, 3.63) is 95.2 Å². The first kappa shape index (κ1) is 21.6. The second-order valence-corrected chi connectivity index (χ2v) is 7.91. The highest BCUT2D eigenvalue weighted by Gasteiger charge is 2.27. The molecule has 3 aromatic rings. The van der Waals surface area contributed by atoms with Gasteiger partial charge in [0.2, 0.25) is 5.69 Å². The van der Waals surface area contributed by atoms with Crippen molar-refractivity contribution in [3.63, 3.8) is 0 Å². The Balaban J connectivity index is 0.00000128. The molecule has 5 rings (SSSR count). The summed E-state index contributed by atoms with van der Waals surface area (Å²) < 4.78 is 2.35. The average molecular weight is 398 g/mol. The lowest BCUT2D eigenvalue weighted by molar-refractivity contribution is -0.399. The first-order valence-electron chi connectivity index (χ1n) is 9.92.